The van der Waals surface area contributed by atoms with Gasteiger partial charge < -0.3 is 16.4 Å². The number of nitrogens with two attached hydrogens (primary N) is 1. The van der Waals surface area contributed by atoms with Crippen molar-refractivity contribution in [2.24, 2.45) is 11.7 Å². The lowest BCUT2D eigenvalue weighted by Crippen LogP contribution is -2.44. The highest BCUT2D eigenvalue weighted by Gasteiger charge is 2.29. The van der Waals surface area contributed by atoms with Crippen molar-refractivity contribution in [3.63, 3.8) is 0 Å². The topological polar surface area (TPSA) is 84.2 Å². The molecule has 1 aromatic rings. The number of anilines is 1. The van der Waals surface area contributed by atoms with Crippen LogP contribution in [0.5, 0.6) is 0 Å². The number of carbonyl (C=O) groups is 2. The Bertz CT molecular complexity index is 475. The van der Waals surface area contributed by atoms with Crippen LogP contribution in [0, 0.1) is 5.92 Å². The minimum absolute atomic E-state index is 0.0584. The third-order valence-electron chi connectivity index (χ3n) is 3.64. The molecule has 3 unspecified atom stereocenters. The van der Waals surface area contributed by atoms with Gasteiger partial charge in [0.25, 0.3) is 0 Å². The Morgan fingerprint density at radius 2 is 1.95 bits per heavy atom. The van der Waals surface area contributed by atoms with Crippen LogP contribution in [0.3, 0.4) is 0 Å². The van der Waals surface area contributed by atoms with Gasteiger partial charge in [-0.25, -0.2) is 0 Å². The summed E-state index contributed by atoms with van der Waals surface area (Å²) in [6.07, 6.45) is 2.39. The SMILES string of the molecule is CC(NC(=O)C1CCC(N)C1)C(=O)Nc1ccccc1. The number of nitrogens with one attached hydrogen (secondary N) is 2. The van der Waals surface area contributed by atoms with Crippen LogP contribution in [0.2, 0.25) is 0 Å². The van der Waals surface area contributed by atoms with E-state index in [0.29, 0.717) is 6.42 Å². The minimum atomic E-state index is -0.556. The monoisotopic (exact) mass is 275 g/mol. The van der Waals surface area contributed by atoms with E-state index in [1.54, 1.807) is 6.92 Å². The molecule has 2 rings (SSSR count). The maximum atomic E-state index is 12.0. The Morgan fingerprint density at radius 3 is 2.55 bits per heavy atom. The Balaban J connectivity index is 1.83. The minimum Gasteiger partial charge on any atom is -0.344 e. The van der Waals surface area contributed by atoms with E-state index in [1.807, 2.05) is 30.3 Å². The molecule has 0 heterocycles. The highest BCUT2D eigenvalue weighted by atomic mass is 16.2. The number of para-hydroxylation sites is 1. The fraction of sp³-hybridized carbons (Fsp3) is 0.467. The van der Waals surface area contributed by atoms with Crippen molar-refractivity contribution in [3.8, 4) is 0 Å². The van der Waals surface area contributed by atoms with E-state index in [0.717, 1.165) is 18.5 Å². The second kappa shape index (κ2) is 6.52. The number of amides is 2. The summed E-state index contributed by atoms with van der Waals surface area (Å²) in [5.41, 5.74) is 6.52. The first-order valence-corrected chi connectivity index (χ1v) is 6.98. The lowest BCUT2D eigenvalue weighted by Gasteiger charge is -2.17. The van der Waals surface area contributed by atoms with Gasteiger partial charge in [-0.1, -0.05) is 18.2 Å². The lowest BCUT2D eigenvalue weighted by atomic mass is 10.1. The molecule has 0 bridgehead atoms. The first-order valence-electron chi connectivity index (χ1n) is 6.98. The summed E-state index contributed by atoms with van der Waals surface area (Å²) in [5.74, 6) is -0.350. The molecule has 3 atom stereocenters. The number of benzene rings is 1. The van der Waals surface area contributed by atoms with Crippen LogP contribution >= 0.6 is 0 Å². The molecule has 1 aromatic carbocycles. The predicted molar refractivity (Wildman–Crippen MR) is 78.0 cm³/mol. The second-order valence-electron chi connectivity index (χ2n) is 5.36. The number of hydrogen-bond donors (Lipinski definition) is 3. The molecular formula is C15H21N3O2. The zero-order valence-corrected chi connectivity index (χ0v) is 11.6. The average molecular weight is 275 g/mol. The lowest BCUT2D eigenvalue weighted by molar-refractivity contribution is -0.128. The number of rotatable bonds is 4. The molecule has 4 N–H and O–H groups in total. The third kappa shape index (κ3) is 3.81. The average Bonchev–Trinajstić information content (AvgIpc) is 2.86. The maximum Gasteiger partial charge on any atom is 0.246 e. The fourth-order valence-corrected chi connectivity index (χ4v) is 2.42. The van der Waals surface area contributed by atoms with Crippen molar-refractivity contribution in [2.45, 2.75) is 38.3 Å². The Morgan fingerprint density at radius 1 is 1.25 bits per heavy atom. The van der Waals surface area contributed by atoms with Gasteiger partial charge >= 0.3 is 0 Å². The molecule has 0 saturated heterocycles. The van der Waals surface area contributed by atoms with E-state index in [4.69, 9.17) is 5.73 Å². The molecule has 1 aliphatic carbocycles. The molecule has 20 heavy (non-hydrogen) atoms. The molecule has 0 aromatic heterocycles. The van der Waals surface area contributed by atoms with Gasteiger partial charge in [0.1, 0.15) is 6.04 Å². The van der Waals surface area contributed by atoms with E-state index < -0.39 is 6.04 Å². The normalized spacial score (nSPS) is 23.1. The third-order valence-corrected chi connectivity index (χ3v) is 3.64. The summed E-state index contributed by atoms with van der Waals surface area (Å²) in [6, 6.07) is 8.74. The first kappa shape index (κ1) is 14.5. The molecule has 2 amide bonds. The largest absolute Gasteiger partial charge is 0.344 e. The molecule has 108 valence electrons. The van der Waals surface area contributed by atoms with Gasteiger partial charge in [0.05, 0.1) is 0 Å². The molecule has 0 spiro atoms. The van der Waals surface area contributed by atoms with Crippen molar-refractivity contribution in [3.05, 3.63) is 30.3 Å². The Hall–Kier alpha value is -1.88. The van der Waals surface area contributed by atoms with Gasteiger partial charge in [-0.3, -0.25) is 9.59 Å². The molecule has 5 heteroatoms. The molecule has 1 aliphatic rings. The van der Waals surface area contributed by atoms with Crippen LogP contribution in [-0.2, 0) is 9.59 Å². The van der Waals surface area contributed by atoms with E-state index in [2.05, 4.69) is 10.6 Å². The van der Waals surface area contributed by atoms with Crippen LogP contribution in [0.25, 0.3) is 0 Å². The highest BCUT2D eigenvalue weighted by molar-refractivity contribution is 5.97. The second-order valence-corrected chi connectivity index (χ2v) is 5.36. The van der Waals surface area contributed by atoms with Crippen molar-refractivity contribution in [1.82, 2.24) is 5.32 Å². The summed E-state index contributed by atoms with van der Waals surface area (Å²) in [4.78, 5) is 24.0. The maximum absolute atomic E-state index is 12.0. The van der Waals surface area contributed by atoms with E-state index in [1.165, 1.54) is 0 Å². The first-order chi connectivity index (χ1) is 9.56. The van der Waals surface area contributed by atoms with Crippen LogP contribution < -0.4 is 16.4 Å². The zero-order chi connectivity index (χ0) is 14.5. The molecule has 0 radical (unpaired) electrons. The van der Waals surface area contributed by atoms with Crippen LogP contribution in [0.15, 0.2) is 30.3 Å². The van der Waals surface area contributed by atoms with Crippen LogP contribution in [0.1, 0.15) is 26.2 Å². The summed E-state index contributed by atoms with van der Waals surface area (Å²) in [5, 5.41) is 5.52. The zero-order valence-electron chi connectivity index (χ0n) is 11.6. The van der Waals surface area contributed by atoms with Crippen molar-refractivity contribution in [1.29, 1.82) is 0 Å². The molecule has 1 saturated carbocycles. The highest BCUT2D eigenvalue weighted by Crippen LogP contribution is 2.24. The van der Waals surface area contributed by atoms with Crippen molar-refractivity contribution < 1.29 is 9.59 Å². The van der Waals surface area contributed by atoms with E-state index >= 15 is 0 Å². The van der Waals surface area contributed by atoms with Crippen molar-refractivity contribution >= 4 is 17.5 Å². The van der Waals surface area contributed by atoms with E-state index in [-0.39, 0.29) is 23.8 Å². The number of carbonyl (C=O) groups excluding carboxylic acids is 2. The quantitative estimate of drug-likeness (QED) is 0.773. The van der Waals surface area contributed by atoms with Gasteiger partial charge in [0.2, 0.25) is 11.8 Å². The van der Waals surface area contributed by atoms with Crippen LogP contribution in [-0.4, -0.2) is 23.9 Å². The van der Waals surface area contributed by atoms with Gasteiger partial charge in [0, 0.05) is 17.6 Å². The Labute approximate surface area is 118 Å². The molecule has 0 aliphatic heterocycles. The molecular weight excluding hydrogens is 254 g/mol. The van der Waals surface area contributed by atoms with Crippen molar-refractivity contribution in [2.75, 3.05) is 5.32 Å². The van der Waals surface area contributed by atoms with E-state index in [9.17, 15) is 9.59 Å². The molecule has 1 fully saturated rings. The Kier molecular flexibility index (Phi) is 4.74. The molecule has 5 nitrogen and oxygen atoms in total. The summed E-state index contributed by atoms with van der Waals surface area (Å²) >= 11 is 0. The van der Waals surface area contributed by atoms with Gasteiger partial charge in [-0.15, -0.1) is 0 Å². The summed E-state index contributed by atoms with van der Waals surface area (Å²) in [6.45, 7) is 1.69. The van der Waals surface area contributed by atoms with Gasteiger partial charge in [0.15, 0.2) is 0 Å². The summed E-state index contributed by atoms with van der Waals surface area (Å²) < 4.78 is 0. The predicted octanol–water partition coefficient (Wildman–Crippen LogP) is 1.26. The standard InChI is InChI=1S/C15H21N3O2/c1-10(14(19)18-13-5-3-2-4-6-13)17-15(20)11-7-8-12(16)9-11/h2-6,10-12H,7-9,16H2,1H3,(H,17,20)(H,18,19). The summed E-state index contributed by atoms with van der Waals surface area (Å²) in [7, 11) is 0. The number of hydrogen-bond acceptors (Lipinski definition) is 3. The fourth-order valence-electron chi connectivity index (χ4n) is 2.42. The van der Waals surface area contributed by atoms with Gasteiger partial charge in [-0.2, -0.15) is 0 Å². The van der Waals surface area contributed by atoms with Gasteiger partial charge in [-0.05, 0) is 38.3 Å². The smallest absolute Gasteiger partial charge is 0.246 e. The van der Waals surface area contributed by atoms with Crippen LogP contribution in [0.4, 0.5) is 5.69 Å².